The molecule has 0 spiro atoms. The van der Waals surface area contributed by atoms with Gasteiger partial charge >= 0.3 is 6.09 Å². The van der Waals surface area contributed by atoms with Gasteiger partial charge in [0, 0.05) is 10.9 Å². The molecular weight excluding hydrogens is 375 g/mol. The first-order chi connectivity index (χ1) is 10.2. The molecule has 0 bridgehead atoms. The Hall–Kier alpha value is -1.40. The highest BCUT2D eigenvalue weighted by Crippen LogP contribution is 2.25. The molecule has 0 atom stereocenters. The molecule has 1 heterocycles. The van der Waals surface area contributed by atoms with Crippen LogP contribution in [-0.4, -0.2) is 21.5 Å². The van der Waals surface area contributed by atoms with Crippen molar-refractivity contribution in [3.8, 4) is 11.3 Å². The van der Waals surface area contributed by atoms with E-state index >= 15 is 0 Å². The molecule has 2 rings (SSSR count). The summed E-state index contributed by atoms with van der Waals surface area (Å²) in [4.78, 5) is 12.2. The maximum atomic E-state index is 13.2. The summed E-state index contributed by atoms with van der Waals surface area (Å²) < 4.78 is 19.7. The van der Waals surface area contributed by atoms with Gasteiger partial charge in [0.1, 0.15) is 11.4 Å². The summed E-state index contributed by atoms with van der Waals surface area (Å²) in [7, 11) is 0. The van der Waals surface area contributed by atoms with E-state index in [1.165, 1.54) is 16.8 Å². The second-order valence-corrected chi connectivity index (χ2v) is 6.64. The van der Waals surface area contributed by atoms with Crippen molar-refractivity contribution in [2.24, 2.45) is 0 Å². The van der Waals surface area contributed by atoms with E-state index in [1.54, 1.807) is 32.9 Å². The van der Waals surface area contributed by atoms with Crippen LogP contribution in [0.5, 0.6) is 0 Å². The summed E-state index contributed by atoms with van der Waals surface area (Å²) in [5, 5.41) is 4.67. The van der Waals surface area contributed by atoms with Crippen molar-refractivity contribution in [2.75, 3.05) is 0 Å². The lowest BCUT2D eigenvalue weighted by Crippen LogP contribution is -2.28. The SMILES string of the molecule is CC(C)(C)OC(=O)n1nc(-c2ccc(F)c(Cl)c2)cc1CBr. The van der Waals surface area contributed by atoms with Crippen molar-refractivity contribution in [2.45, 2.75) is 31.7 Å². The minimum Gasteiger partial charge on any atom is -0.442 e. The molecule has 4 nitrogen and oxygen atoms in total. The van der Waals surface area contributed by atoms with Crippen LogP contribution < -0.4 is 0 Å². The Labute approximate surface area is 141 Å². The van der Waals surface area contributed by atoms with E-state index in [2.05, 4.69) is 21.0 Å². The highest BCUT2D eigenvalue weighted by atomic mass is 79.9. The van der Waals surface area contributed by atoms with Crippen LogP contribution in [0.3, 0.4) is 0 Å². The van der Waals surface area contributed by atoms with Crippen LogP contribution in [0.15, 0.2) is 24.3 Å². The third-order valence-corrected chi connectivity index (χ3v) is 3.57. The fourth-order valence-corrected chi connectivity index (χ4v) is 2.35. The first kappa shape index (κ1) is 17.0. The molecule has 1 aromatic carbocycles. The number of nitrogens with zero attached hydrogens (tertiary/aromatic N) is 2. The van der Waals surface area contributed by atoms with Crippen LogP contribution in [0, 0.1) is 5.82 Å². The Kier molecular flexibility index (Phi) is 4.92. The average Bonchev–Trinajstić information content (AvgIpc) is 2.84. The lowest BCUT2D eigenvalue weighted by Gasteiger charge is -2.19. The highest BCUT2D eigenvalue weighted by Gasteiger charge is 2.22. The van der Waals surface area contributed by atoms with Crippen molar-refractivity contribution in [3.63, 3.8) is 0 Å². The summed E-state index contributed by atoms with van der Waals surface area (Å²) in [6.07, 6.45) is -0.568. The van der Waals surface area contributed by atoms with Crippen molar-refractivity contribution < 1.29 is 13.9 Å². The van der Waals surface area contributed by atoms with Gasteiger partial charge in [0.25, 0.3) is 0 Å². The van der Waals surface area contributed by atoms with Gasteiger partial charge in [-0.15, -0.1) is 0 Å². The number of benzene rings is 1. The summed E-state index contributed by atoms with van der Waals surface area (Å²) in [5.74, 6) is -0.502. The molecular formula is C15H15BrClFN2O2. The largest absolute Gasteiger partial charge is 0.442 e. The monoisotopic (exact) mass is 388 g/mol. The van der Waals surface area contributed by atoms with E-state index in [9.17, 15) is 9.18 Å². The number of alkyl halides is 1. The lowest BCUT2D eigenvalue weighted by molar-refractivity contribution is 0.0511. The molecule has 0 saturated heterocycles. The molecule has 0 radical (unpaired) electrons. The van der Waals surface area contributed by atoms with Crippen molar-refractivity contribution in [1.29, 1.82) is 0 Å². The number of aromatic nitrogens is 2. The molecule has 2 aromatic rings. The predicted octanol–water partition coefficient (Wildman–Crippen LogP) is 5.02. The van der Waals surface area contributed by atoms with Crippen LogP contribution in [0.25, 0.3) is 11.3 Å². The van der Waals surface area contributed by atoms with E-state index in [1.807, 2.05) is 0 Å². The highest BCUT2D eigenvalue weighted by molar-refractivity contribution is 9.08. The van der Waals surface area contributed by atoms with Crippen molar-refractivity contribution in [1.82, 2.24) is 9.78 Å². The van der Waals surface area contributed by atoms with Gasteiger partial charge in [-0.25, -0.2) is 9.18 Å². The molecule has 0 fully saturated rings. The Morgan fingerprint density at radius 3 is 2.64 bits per heavy atom. The van der Waals surface area contributed by atoms with Crippen LogP contribution in [0.1, 0.15) is 26.5 Å². The van der Waals surface area contributed by atoms with Gasteiger partial charge in [-0.3, -0.25) is 0 Å². The Morgan fingerprint density at radius 1 is 1.41 bits per heavy atom. The number of rotatable bonds is 2. The van der Waals surface area contributed by atoms with E-state index in [4.69, 9.17) is 16.3 Å². The standard InChI is InChI=1S/C15H15BrClFN2O2/c1-15(2,3)22-14(21)20-10(8-16)7-13(19-20)9-4-5-12(18)11(17)6-9/h4-7H,8H2,1-3H3. The van der Waals surface area contributed by atoms with E-state index in [0.29, 0.717) is 22.3 Å². The maximum Gasteiger partial charge on any atom is 0.435 e. The van der Waals surface area contributed by atoms with E-state index in [0.717, 1.165) is 0 Å². The zero-order valence-electron chi connectivity index (χ0n) is 12.4. The zero-order valence-corrected chi connectivity index (χ0v) is 14.7. The average molecular weight is 390 g/mol. The van der Waals surface area contributed by atoms with Crippen LogP contribution in [0.2, 0.25) is 5.02 Å². The van der Waals surface area contributed by atoms with E-state index in [-0.39, 0.29) is 5.02 Å². The minimum absolute atomic E-state index is 0.00436. The van der Waals surface area contributed by atoms with Gasteiger partial charge in [0.15, 0.2) is 0 Å². The molecule has 0 aliphatic carbocycles. The zero-order chi connectivity index (χ0) is 16.5. The molecule has 7 heteroatoms. The molecule has 22 heavy (non-hydrogen) atoms. The second kappa shape index (κ2) is 6.38. The van der Waals surface area contributed by atoms with Gasteiger partial charge in [-0.05, 0) is 45.0 Å². The maximum absolute atomic E-state index is 13.2. The number of hydrogen-bond donors (Lipinski definition) is 0. The smallest absolute Gasteiger partial charge is 0.435 e. The Balaban J connectivity index is 2.40. The first-order valence-corrected chi connectivity index (χ1v) is 8.05. The van der Waals surface area contributed by atoms with Crippen LogP contribution in [-0.2, 0) is 10.1 Å². The number of halogens is 3. The summed E-state index contributed by atoms with van der Waals surface area (Å²) in [6.45, 7) is 5.34. The van der Waals surface area contributed by atoms with Gasteiger partial charge in [0.2, 0.25) is 0 Å². The second-order valence-electron chi connectivity index (χ2n) is 5.68. The molecule has 0 saturated carbocycles. The summed E-state index contributed by atoms with van der Waals surface area (Å²) in [6, 6.07) is 6.01. The molecule has 0 amide bonds. The third kappa shape index (κ3) is 3.87. The normalized spacial score (nSPS) is 11.5. The Bertz CT molecular complexity index is 710. The Morgan fingerprint density at radius 2 is 2.09 bits per heavy atom. The van der Waals surface area contributed by atoms with Crippen LogP contribution >= 0.6 is 27.5 Å². The number of hydrogen-bond acceptors (Lipinski definition) is 3. The number of carbonyl (C=O) groups excluding carboxylic acids is 1. The number of carbonyl (C=O) groups is 1. The third-order valence-electron chi connectivity index (χ3n) is 2.70. The topological polar surface area (TPSA) is 44.1 Å². The summed E-state index contributed by atoms with van der Waals surface area (Å²) >= 11 is 9.10. The molecule has 0 N–H and O–H groups in total. The van der Waals surface area contributed by atoms with Gasteiger partial charge in [0.05, 0.1) is 16.4 Å². The molecule has 0 aliphatic heterocycles. The quantitative estimate of drug-likeness (QED) is 0.677. The fourth-order valence-electron chi connectivity index (χ4n) is 1.77. The van der Waals surface area contributed by atoms with Gasteiger partial charge in [-0.2, -0.15) is 9.78 Å². The van der Waals surface area contributed by atoms with Gasteiger partial charge in [-0.1, -0.05) is 27.5 Å². The molecule has 0 unspecified atom stereocenters. The fraction of sp³-hybridized carbons (Fsp3) is 0.333. The predicted molar refractivity (Wildman–Crippen MR) is 86.9 cm³/mol. The molecule has 0 aliphatic rings. The van der Waals surface area contributed by atoms with Crippen molar-refractivity contribution >= 4 is 33.6 Å². The van der Waals surface area contributed by atoms with Gasteiger partial charge < -0.3 is 4.74 Å². The molecule has 118 valence electrons. The first-order valence-electron chi connectivity index (χ1n) is 6.55. The minimum atomic E-state index is -0.619. The molecule has 1 aromatic heterocycles. The number of ether oxygens (including phenoxy) is 1. The van der Waals surface area contributed by atoms with E-state index < -0.39 is 17.5 Å². The lowest BCUT2D eigenvalue weighted by atomic mass is 10.1. The van der Waals surface area contributed by atoms with Crippen molar-refractivity contribution in [3.05, 3.63) is 40.8 Å². The summed E-state index contributed by atoms with van der Waals surface area (Å²) in [5.41, 5.74) is 1.15. The van der Waals surface area contributed by atoms with Crippen LogP contribution in [0.4, 0.5) is 9.18 Å².